The summed E-state index contributed by atoms with van der Waals surface area (Å²) < 4.78 is 4.47. The van der Waals surface area contributed by atoms with Gasteiger partial charge in [0.1, 0.15) is 28.4 Å². The molecule has 0 spiro atoms. The van der Waals surface area contributed by atoms with Crippen LogP contribution in [0.5, 0.6) is 0 Å². The van der Waals surface area contributed by atoms with E-state index in [1.807, 2.05) is 0 Å². The Hall–Kier alpha value is -1.52. The second-order valence-electron chi connectivity index (χ2n) is 7.47. The van der Waals surface area contributed by atoms with Crippen LogP contribution in [0.1, 0.15) is 30.0 Å². The van der Waals surface area contributed by atoms with Gasteiger partial charge in [-0.2, -0.15) is 0 Å². The second-order valence-corrected chi connectivity index (χ2v) is 9.65. The van der Waals surface area contributed by atoms with Crippen molar-refractivity contribution in [3.05, 3.63) is 40.6 Å². The summed E-state index contributed by atoms with van der Waals surface area (Å²) in [6, 6.07) is 5.02. The molecule has 2 saturated heterocycles. The molecule has 0 bridgehead atoms. The van der Waals surface area contributed by atoms with Crippen molar-refractivity contribution < 1.29 is 53.6 Å². The van der Waals surface area contributed by atoms with Gasteiger partial charge in [0.2, 0.25) is 5.91 Å². The van der Waals surface area contributed by atoms with Gasteiger partial charge in [0.25, 0.3) is 5.91 Å². The third kappa shape index (κ3) is 3.56. The van der Waals surface area contributed by atoms with E-state index < -0.39 is 40.0 Å². The summed E-state index contributed by atoms with van der Waals surface area (Å²) >= 11 is 7.54. The van der Waals surface area contributed by atoms with Crippen LogP contribution in [0.4, 0.5) is 0 Å². The fourth-order valence-electron chi connectivity index (χ4n) is 3.82. The number of β-lactam (4-membered cyclic amide) rings is 1. The third-order valence-corrected chi connectivity index (χ3v) is 7.07. The summed E-state index contributed by atoms with van der Waals surface area (Å²) in [5.41, 5.74) is 0.996. The molecule has 11 heteroatoms. The Morgan fingerprint density at radius 1 is 1.33 bits per heavy atom. The predicted molar refractivity (Wildman–Crippen MR) is 104 cm³/mol. The van der Waals surface area contributed by atoms with Crippen LogP contribution in [-0.2, 0) is 9.59 Å². The van der Waals surface area contributed by atoms with Crippen molar-refractivity contribution in [1.29, 1.82) is 0 Å². The topological polar surface area (TPSA) is 116 Å². The number of carbonyl (C=O) groups excluding carboxylic acids is 3. The largest absolute Gasteiger partial charge is 1.00 e. The zero-order chi connectivity index (χ0) is 21.1. The number of aryl methyl sites for hydroxylation is 1. The number of hydrogen-bond donors (Lipinski definition) is 1. The van der Waals surface area contributed by atoms with Gasteiger partial charge in [-0.05, 0) is 26.8 Å². The Balaban J connectivity index is 0.00000256. The molecule has 3 heterocycles. The van der Waals surface area contributed by atoms with E-state index in [-0.39, 0.29) is 46.6 Å². The number of amides is 2. The van der Waals surface area contributed by atoms with Crippen LogP contribution < -0.4 is 40.0 Å². The molecule has 2 aromatic rings. The molecule has 2 amide bonds. The minimum atomic E-state index is -1.31. The summed E-state index contributed by atoms with van der Waals surface area (Å²) in [6.07, 6.45) is 0. The summed E-state index contributed by atoms with van der Waals surface area (Å²) in [6.45, 7) is 5.07. The van der Waals surface area contributed by atoms with Crippen LogP contribution >= 0.6 is 23.4 Å². The van der Waals surface area contributed by atoms with Crippen LogP contribution in [0.15, 0.2) is 28.8 Å². The van der Waals surface area contributed by atoms with Crippen molar-refractivity contribution in [2.45, 2.75) is 43.0 Å². The molecule has 30 heavy (non-hydrogen) atoms. The number of aliphatic carboxylic acids is 1. The number of fused-ring (bicyclic) bond motifs is 1. The molecule has 1 N–H and O–H groups in total. The first-order chi connectivity index (χ1) is 13.6. The molecule has 1 aromatic carbocycles. The normalized spacial score (nSPS) is 23.9. The number of hydrogen-bond acceptors (Lipinski definition) is 7. The molecule has 3 atom stereocenters. The van der Waals surface area contributed by atoms with E-state index in [9.17, 15) is 19.5 Å². The SMILES string of the molecule is CC1(C)S[C@@H]2[C@H](N[13C](=O)[13c]3c(-c4ccccc4Cl)[15n]o[13c]3[13CH3])C(=O)N2[C@H]1C(=O)[O-].[Na+]. The molecule has 2 aliphatic heterocycles. The molecule has 8 nitrogen and oxygen atoms in total. The van der Waals surface area contributed by atoms with Crippen LogP contribution in [-0.4, -0.2) is 50.0 Å². The Labute approximate surface area is 204 Å². The van der Waals surface area contributed by atoms with Crippen LogP contribution in [0.25, 0.3) is 11.3 Å². The first-order valence-electron chi connectivity index (χ1n) is 8.86. The van der Waals surface area contributed by atoms with Crippen molar-refractivity contribution in [2.24, 2.45) is 0 Å². The zero-order valence-corrected chi connectivity index (χ0v) is 20.3. The van der Waals surface area contributed by atoms with E-state index in [4.69, 9.17) is 16.1 Å². The van der Waals surface area contributed by atoms with Crippen LogP contribution in [0, 0.1) is 6.92 Å². The van der Waals surface area contributed by atoms with Crippen molar-refractivity contribution in [2.75, 3.05) is 0 Å². The number of carboxylic acid groups (broad SMARTS) is 1. The van der Waals surface area contributed by atoms with E-state index in [0.29, 0.717) is 10.6 Å². The monoisotopic (exact) mass is 462 g/mol. The van der Waals surface area contributed by atoms with Crippen molar-refractivity contribution >= 4 is 41.1 Å². The van der Waals surface area contributed by atoms with E-state index in [0.717, 1.165) is 0 Å². The van der Waals surface area contributed by atoms with Gasteiger partial charge in [-0.15, -0.1) is 11.8 Å². The van der Waals surface area contributed by atoms with Crippen molar-refractivity contribution in [1.82, 2.24) is 15.4 Å². The number of carbonyl (C=O) groups is 3. The molecule has 2 aliphatic rings. The number of thioether (sulfide) groups is 1. The number of rotatable bonds is 4. The van der Waals surface area contributed by atoms with Crippen LogP contribution in [0.3, 0.4) is 0 Å². The summed E-state index contributed by atoms with van der Waals surface area (Å²) in [7, 11) is 0. The standard InChI is InChI=1S/C19H18ClN3O5S.Na/c1-8-11(12(22-28-8)9-6-4-5-7-10(9)20)15(24)21-13-16(25)23-14(18(26)27)19(2,3)29-17(13)23;/h4-7,13-14,17H,1-3H3,(H,21,24)(H,26,27);/q;+1/p-1/t13-,14+,17-;/m1./s1/i1+1,8+1,11+1,15+1,22+1;. The predicted octanol–water partition coefficient (Wildman–Crippen LogP) is -1.78. The van der Waals surface area contributed by atoms with Crippen molar-refractivity contribution in [3.63, 3.8) is 0 Å². The van der Waals surface area contributed by atoms with E-state index >= 15 is 0 Å². The van der Waals surface area contributed by atoms with Gasteiger partial charge in [0.15, 0.2) is 0 Å². The average Bonchev–Trinajstić information content (AvgIpc) is 3.15. The van der Waals surface area contributed by atoms with Crippen LogP contribution in [0.2, 0.25) is 5.02 Å². The fourth-order valence-corrected chi connectivity index (χ4v) is 5.66. The van der Waals surface area contributed by atoms with Gasteiger partial charge in [0, 0.05) is 10.3 Å². The van der Waals surface area contributed by atoms with E-state index in [2.05, 4.69) is 10.5 Å². The molecule has 0 radical (unpaired) electrons. The molecule has 0 saturated carbocycles. The summed E-state index contributed by atoms with van der Waals surface area (Å²) in [5, 5.41) is 18.1. The van der Waals surface area contributed by atoms with E-state index in [1.165, 1.54) is 16.7 Å². The van der Waals surface area contributed by atoms with Gasteiger partial charge < -0.3 is 24.6 Å². The molecule has 4 rings (SSSR count). The third-order valence-electron chi connectivity index (χ3n) is 5.17. The molecule has 152 valence electrons. The molecule has 2 fully saturated rings. The van der Waals surface area contributed by atoms with Crippen molar-refractivity contribution in [3.8, 4) is 11.3 Å². The number of carboxylic acids is 1. The van der Waals surface area contributed by atoms with Gasteiger partial charge in [-0.1, -0.05) is 35.0 Å². The maximum atomic E-state index is 13.0. The minimum Gasteiger partial charge on any atom is -0.548 e. The molecule has 1 aromatic heterocycles. The molecular weight excluding hydrogens is 446 g/mol. The first-order valence-corrected chi connectivity index (χ1v) is 10.1. The number of benzene rings is 1. The Morgan fingerprint density at radius 3 is 2.63 bits per heavy atom. The number of aromatic nitrogens is 1. The maximum absolute atomic E-state index is 13.0. The number of nitrogens with zero attached hydrogens (tertiary/aromatic N) is 2. The quantitative estimate of drug-likeness (QED) is 0.324. The minimum absolute atomic E-state index is 0. The Kier molecular flexibility index (Phi) is 6.33. The molecular formula is C19H17ClN3NaO5S. The van der Waals surface area contributed by atoms with Gasteiger partial charge in [-0.25, -0.2) is 0 Å². The Bertz CT molecular complexity index is 1040. The average molecular weight is 463 g/mol. The molecule has 0 unspecified atom stereocenters. The zero-order valence-electron chi connectivity index (χ0n) is 16.8. The van der Waals surface area contributed by atoms with Gasteiger partial charge in [0.05, 0.1) is 17.0 Å². The van der Waals surface area contributed by atoms with Gasteiger partial charge in [-0.3, -0.25) is 9.59 Å². The first kappa shape index (κ1) is 23.1. The summed E-state index contributed by atoms with van der Waals surface area (Å²) in [5.74, 6) is -2.01. The van der Waals surface area contributed by atoms with Gasteiger partial charge >= 0.3 is 29.6 Å². The Morgan fingerprint density at radius 2 is 2.00 bits per heavy atom. The fraction of sp³-hybridized carbons (Fsp3) is 0.368. The molecule has 0 aliphatic carbocycles. The number of halogens is 1. The summed E-state index contributed by atoms with van der Waals surface area (Å²) in [4.78, 5) is 38.3. The smallest absolute Gasteiger partial charge is 0.548 e. The number of nitrogens with one attached hydrogen (secondary N) is 1. The maximum Gasteiger partial charge on any atom is 1.00 e. The van der Waals surface area contributed by atoms with E-state index in [1.54, 1.807) is 45.0 Å². The second kappa shape index (κ2) is 8.20.